The van der Waals surface area contributed by atoms with Gasteiger partial charge < -0.3 is 19.7 Å². The van der Waals surface area contributed by atoms with Crippen LogP contribution in [0.25, 0.3) is 0 Å². The number of fused-ring (bicyclic) bond motifs is 1. The lowest BCUT2D eigenvalue weighted by Crippen LogP contribution is -2.38. The molecule has 1 aromatic carbocycles. The quantitative estimate of drug-likeness (QED) is 0.919. The SMILES string of the molecule is CCC(C)NC(=O)C1CC(=O)N(c2ccc3c(c2)OCO3)C1. The highest BCUT2D eigenvalue weighted by molar-refractivity contribution is 6.00. The summed E-state index contributed by atoms with van der Waals surface area (Å²) >= 11 is 0. The third kappa shape index (κ3) is 2.73. The van der Waals surface area contributed by atoms with Crippen LogP contribution in [0, 0.1) is 5.92 Å². The minimum absolute atomic E-state index is 0.0387. The van der Waals surface area contributed by atoms with E-state index < -0.39 is 0 Å². The molecule has 0 spiro atoms. The molecule has 0 aliphatic carbocycles. The monoisotopic (exact) mass is 304 g/mol. The third-order valence-corrected chi connectivity index (χ3v) is 4.16. The largest absolute Gasteiger partial charge is 0.454 e. The molecule has 1 N–H and O–H groups in total. The van der Waals surface area contributed by atoms with Crippen molar-refractivity contribution in [3.8, 4) is 11.5 Å². The van der Waals surface area contributed by atoms with Crippen LogP contribution in [0.3, 0.4) is 0 Å². The minimum Gasteiger partial charge on any atom is -0.454 e. The molecule has 2 aliphatic heterocycles. The molecule has 1 fully saturated rings. The van der Waals surface area contributed by atoms with Crippen molar-refractivity contribution in [1.82, 2.24) is 5.32 Å². The molecule has 22 heavy (non-hydrogen) atoms. The van der Waals surface area contributed by atoms with Gasteiger partial charge in [-0.05, 0) is 25.5 Å². The number of nitrogens with zero attached hydrogens (tertiary/aromatic N) is 1. The molecule has 0 aromatic heterocycles. The van der Waals surface area contributed by atoms with Gasteiger partial charge in [-0.15, -0.1) is 0 Å². The molecule has 2 aliphatic rings. The normalized spacial score (nSPS) is 21.1. The number of carbonyl (C=O) groups excluding carboxylic acids is 2. The lowest BCUT2D eigenvalue weighted by atomic mass is 10.1. The van der Waals surface area contributed by atoms with Crippen molar-refractivity contribution in [2.45, 2.75) is 32.7 Å². The van der Waals surface area contributed by atoms with Gasteiger partial charge in [0, 0.05) is 30.8 Å². The third-order valence-electron chi connectivity index (χ3n) is 4.16. The van der Waals surface area contributed by atoms with E-state index >= 15 is 0 Å². The van der Waals surface area contributed by atoms with Gasteiger partial charge in [-0.3, -0.25) is 9.59 Å². The van der Waals surface area contributed by atoms with Crippen LogP contribution in [0.2, 0.25) is 0 Å². The van der Waals surface area contributed by atoms with Gasteiger partial charge in [0.2, 0.25) is 18.6 Å². The summed E-state index contributed by atoms with van der Waals surface area (Å²) in [6.07, 6.45) is 1.12. The molecule has 3 rings (SSSR count). The van der Waals surface area contributed by atoms with Crippen molar-refractivity contribution in [3.05, 3.63) is 18.2 Å². The summed E-state index contributed by atoms with van der Waals surface area (Å²) in [5, 5.41) is 2.94. The fraction of sp³-hybridized carbons (Fsp3) is 0.500. The summed E-state index contributed by atoms with van der Waals surface area (Å²) in [5.41, 5.74) is 0.744. The average Bonchev–Trinajstić information content (AvgIpc) is 3.12. The Morgan fingerprint density at radius 2 is 2.18 bits per heavy atom. The lowest BCUT2D eigenvalue weighted by Gasteiger charge is -2.18. The maximum Gasteiger partial charge on any atom is 0.231 e. The smallest absolute Gasteiger partial charge is 0.231 e. The Morgan fingerprint density at radius 3 is 2.95 bits per heavy atom. The molecule has 0 saturated carbocycles. The first kappa shape index (κ1) is 14.7. The van der Waals surface area contributed by atoms with Crippen molar-refractivity contribution >= 4 is 17.5 Å². The Balaban J connectivity index is 1.71. The second kappa shape index (κ2) is 5.87. The van der Waals surface area contributed by atoms with Gasteiger partial charge in [-0.1, -0.05) is 6.92 Å². The minimum atomic E-state index is -0.299. The van der Waals surface area contributed by atoms with Gasteiger partial charge in [0.15, 0.2) is 11.5 Å². The van der Waals surface area contributed by atoms with Crippen LogP contribution in [-0.4, -0.2) is 31.2 Å². The highest BCUT2D eigenvalue weighted by Gasteiger charge is 2.35. The first-order chi connectivity index (χ1) is 10.6. The van der Waals surface area contributed by atoms with Crippen LogP contribution >= 0.6 is 0 Å². The number of rotatable bonds is 4. The van der Waals surface area contributed by atoms with Gasteiger partial charge in [0.25, 0.3) is 0 Å². The number of amides is 2. The Kier molecular flexibility index (Phi) is 3.92. The number of hydrogen-bond donors (Lipinski definition) is 1. The van der Waals surface area contributed by atoms with Crippen molar-refractivity contribution in [2.24, 2.45) is 5.92 Å². The number of benzene rings is 1. The van der Waals surface area contributed by atoms with Crippen LogP contribution in [-0.2, 0) is 9.59 Å². The summed E-state index contributed by atoms with van der Waals surface area (Å²) in [4.78, 5) is 26.1. The molecule has 6 nitrogen and oxygen atoms in total. The van der Waals surface area contributed by atoms with E-state index in [2.05, 4.69) is 5.32 Å². The van der Waals surface area contributed by atoms with E-state index in [1.54, 1.807) is 17.0 Å². The van der Waals surface area contributed by atoms with E-state index in [4.69, 9.17) is 9.47 Å². The van der Waals surface area contributed by atoms with Crippen molar-refractivity contribution < 1.29 is 19.1 Å². The second-order valence-corrected chi connectivity index (χ2v) is 5.76. The van der Waals surface area contributed by atoms with Crippen molar-refractivity contribution in [1.29, 1.82) is 0 Å². The van der Waals surface area contributed by atoms with Crippen molar-refractivity contribution in [2.75, 3.05) is 18.2 Å². The maximum atomic E-state index is 12.2. The number of ether oxygens (including phenoxy) is 2. The molecule has 0 bridgehead atoms. The van der Waals surface area contributed by atoms with Gasteiger partial charge in [0.05, 0.1) is 5.92 Å². The second-order valence-electron chi connectivity index (χ2n) is 5.76. The number of hydrogen-bond acceptors (Lipinski definition) is 4. The first-order valence-corrected chi connectivity index (χ1v) is 7.59. The van der Waals surface area contributed by atoms with E-state index in [-0.39, 0.29) is 37.0 Å². The molecule has 1 aromatic rings. The highest BCUT2D eigenvalue weighted by Crippen LogP contribution is 2.37. The molecule has 2 heterocycles. The molecule has 6 heteroatoms. The average molecular weight is 304 g/mol. The predicted octanol–water partition coefficient (Wildman–Crippen LogP) is 1.68. The standard InChI is InChI=1S/C16H20N2O4/c1-3-10(2)17-16(20)11-6-15(19)18(8-11)12-4-5-13-14(7-12)22-9-21-13/h4-5,7,10-11H,3,6,8-9H2,1-2H3,(H,17,20). The number of carbonyl (C=O) groups is 2. The molecular weight excluding hydrogens is 284 g/mol. The predicted molar refractivity (Wildman–Crippen MR) is 80.9 cm³/mol. The molecule has 2 atom stereocenters. The van der Waals surface area contributed by atoms with E-state index in [1.165, 1.54) is 0 Å². The Morgan fingerprint density at radius 1 is 1.41 bits per heavy atom. The highest BCUT2D eigenvalue weighted by atomic mass is 16.7. The molecule has 2 unspecified atom stereocenters. The summed E-state index contributed by atoms with van der Waals surface area (Å²) < 4.78 is 10.6. The van der Waals surface area contributed by atoms with Crippen LogP contribution in [0.5, 0.6) is 11.5 Å². The topological polar surface area (TPSA) is 67.9 Å². The zero-order chi connectivity index (χ0) is 15.7. The summed E-state index contributed by atoms with van der Waals surface area (Å²) in [7, 11) is 0. The van der Waals surface area contributed by atoms with Gasteiger partial charge in [-0.2, -0.15) is 0 Å². The molecule has 118 valence electrons. The number of anilines is 1. The van der Waals surface area contributed by atoms with Crippen LogP contribution in [0.15, 0.2) is 18.2 Å². The molecular formula is C16H20N2O4. The molecule has 0 radical (unpaired) electrons. The fourth-order valence-corrected chi connectivity index (χ4v) is 2.65. The zero-order valence-corrected chi connectivity index (χ0v) is 12.8. The number of nitrogens with one attached hydrogen (secondary N) is 1. The van der Waals surface area contributed by atoms with E-state index in [0.717, 1.165) is 12.1 Å². The summed E-state index contributed by atoms with van der Waals surface area (Å²) in [6, 6.07) is 5.52. The first-order valence-electron chi connectivity index (χ1n) is 7.59. The lowest BCUT2D eigenvalue weighted by molar-refractivity contribution is -0.126. The maximum absolute atomic E-state index is 12.2. The summed E-state index contributed by atoms with van der Waals surface area (Å²) in [6.45, 7) is 4.58. The van der Waals surface area contributed by atoms with Crippen molar-refractivity contribution in [3.63, 3.8) is 0 Å². The van der Waals surface area contributed by atoms with Gasteiger partial charge in [0.1, 0.15) is 0 Å². The molecule has 1 saturated heterocycles. The van der Waals surface area contributed by atoms with E-state index in [9.17, 15) is 9.59 Å². The van der Waals surface area contributed by atoms with Gasteiger partial charge in [-0.25, -0.2) is 0 Å². The van der Waals surface area contributed by atoms with Crippen LogP contribution in [0.4, 0.5) is 5.69 Å². The van der Waals surface area contributed by atoms with Crippen LogP contribution < -0.4 is 19.7 Å². The van der Waals surface area contributed by atoms with Gasteiger partial charge >= 0.3 is 0 Å². The summed E-state index contributed by atoms with van der Waals surface area (Å²) in [5.74, 6) is 0.931. The fourth-order valence-electron chi connectivity index (χ4n) is 2.65. The van der Waals surface area contributed by atoms with Crippen LogP contribution in [0.1, 0.15) is 26.7 Å². The van der Waals surface area contributed by atoms with E-state index in [1.807, 2.05) is 19.9 Å². The Labute approximate surface area is 129 Å². The van der Waals surface area contributed by atoms with E-state index in [0.29, 0.717) is 18.0 Å². The Hall–Kier alpha value is -2.24. The molecule has 2 amide bonds. The Bertz CT molecular complexity index is 602. The zero-order valence-electron chi connectivity index (χ0n) is 12.8.